The minimum Gasteiger partial charge on any atom is -0.504 e. The molecule has 0 aromatic carbocycles. The molecule has 2 heterocycles. The number of fused-ring (bicyclic) bond motifs is 14. The summed E-state index contributed by atoms with van der Waals surface area (Å²) in [4.78, 5) is 101. The Kier molecular flexibility index (Phi) is 13.5. The molecule has 0 bridgehead atoms. The molecule has 0 radical (unpaired) electrons. The number of aliphatic hydroxyl groups excluding tert-OH is 2. The third-order valence-electron chi connectivity index (χ3n) is 25.0. The van der Waals surface area contributed by atoms with Gasteiger partial charge in [-0.2, -0.15) is 5.06 Å². The molecule has 15 nitrogen and oxygen atoms in total. The topological polar surface area (TPSA) is 233 Å². The van der Waals surface area contributed by atoms with Crippen molar-refractivity contribution in [3.05, 3.63) is 92.6 Å². The van der Waals surface area contributed by atoms with Crippen LogP contribution in [0.3, 0.4) is 0 Å². The van der Waals surface area contributed by atoms with Crippen LogP contribution < -0.4 is 0 Å². The number of hydroxylamine groups is 4. The van der Waals surface area contributed by atoms with Crippen LogP contribution in [0.2, 0.25) is 0 Å². The maximum Gasteiger partial charge on any atom is 0.339 e. The van der Waals surface area contributed by atoms with Crippen molar-refractivity contribution in [2.45, 2.75) is 199 Å². The molecule has 0 aromatic rings. The highest BCUT2D eigenvalue weighted by molar-refractivity contribution is 6.07. The van der Waals surface area contributed by atoms with Crippen molar-refractivity contribution in [1.29, 1.82) is 0 Å². The largest absolute Gasteiger partial charge is 0.504 e. The van der Waals surface area contributed by atoms with Gasteiger partial charge in [0.25, 0.3) is 23.6 Å². The molecule has 12 rings (SSSR count). The van der Waals surface area contributed by atoms with E-state index >= 15 is 0 Å². The highest BCUT2D eigenvalue weighted by Crippen LogP contribution is 2.77. The average Bonchev–Trinajstić information content (AvgIpc) is 3.59. The smallest absolute Gasteiger partial charge is 0.339 e. The lowest BCUT2D eigenvalue weighted by atomic mass is 9.34. The summed E-state index contributed by atoms with van der Waals surface area (Å²) in [6, 6.07) is 0. The first-order valence-corrected chi connectivity index (χ1v) is 29.6. The van der Waals surface area contributed by atoms with E-state index in [1.54, 1.807) is 12.2 Å². The summed E-state index contributed by atoms with van der Waals surface area (Å²) in [5.41, 5.74) is 5.99. The maximum absolute atomic E-state index is 13.6. The van der Waals surface area contributed by atoms with E-state index < -0.39 is 46.4 Å². The molecular weight excluding hydrogens is 1030 g/mol. The highest BCUT2D eigenvalue weighted by atomic mass is 16.7. The van der Waals surface area contributed by atoms with E-state index in [4.69, 9.17) is 10.0 Å². The summed E-state index contributed by atoms with van der Waals surface area (Å²) in [7, 11) is 0. The van der Waals surface area contributed by atoms with Crippen LogP contribution >= 0.6 is 0 Å². The fraction of sp³-hybridized carbons (Fsp3) is 0.636. The predicted octanol–water partition coefficient (Wildman–Crippen LogP) is 12.4. The summed E-state index contributed by atoms with van der Waals surface area (Å²) < 4.78 is 0. The Bertz CT molecular complexity index is 3170. The molecule has 8 fully saturated rings. The lowest BCUT2D eigenvalue weighted by Crippen LogP contribution is -2.62. The normalized spacial score (nSPS) is 42.2. The lowest BCUT2D eigenvalue weighted by Gasteiger charge is -2.70. The molecule has 12 aliphatic rings. The molecular formula is C66H84N2O13. The van der Waals surface area contributed by atoms with E-state index in [0.717, 1.165) is 99.3 Å². The van der Waals surface area contributed by atoms with Gasteiger partial charge in [0, 0.05) is 47.7 Å². The van der Waals surface area contributed by atoms with Crippen LogP contribution in [0.25, 0.3) is 0 Å². The zero-order valence-electron chi connectivity index (χ0n) is 49.7. The number of carboxylic acid groups (broad SMARTS) is 1. The number of ketones is 2. The molecule has 0 unspecified atom stereocenters. The number of hydrogen-bond acceptors (Lipinski definition) is 12. The van der Waals surface area contributed by atoms with Gasteiger partial charge in [-0.3, -0.25) is 38.8 Å². The van der Waals surface area contributed by atoms with E-state index in [-0.39, 0.29) is 103 Å². The summed E-state index contributed by atoms with van der Waals surface area (Å²) in [6.45, 7) is 26.5. The number of carboxylic acids is 1. The van der Waals surface area contributed by atoms with E-state index in [2.05, 4.69) is 79.7 Å². The Morgan fingerprint density at radius 2 is 0.877 bits per heavy atom. The Hall–Kier alpha value is -5.96. The first-order valence-electron chi connectivity index (χ1n) is 29.6. The van der Waals surface area contributed by atoms with Crippen LogP contribution in [0.15, 0.2) is 92.6 Å². The maximum atomic E-state index is 13.6. The first-order chi connectivity index (χ1) is 37.5. The van der Waals surface area contributed by atoms with Crippen molar-refractivity contribution in [2.24, 2.45) is 66.0 Å². The predicted molar refractivity (Wildman–Crippen MR) is 300 cm³/mol. The van der Waals surface area contributed by atoms with Gasteiger partial charge in [-0.25, -0.2) is 4.79 Å². The third kappa shape index (κ3) is 8.23. The number of rotatable bonds is 3. The van der Waals surface area contributed by atoms with Crippen LogP contribution in [-0.2, 0) is 43.2 Å². The fourth-order valence-electron chi connectivity index (χ4n) is 18.7. The van der Waals surface area contributed by atoms with Gasteiger partial charge < -0.3 is 20.2 Å². The molecule has 0 aromatic heterocycles. The fourth-order valence-corrected chi connectivity index (χ4v) is 18.7. The molecule has 15 heteroatoms. The summed E-state index contributed by atoms with van der Waals surface area (Å²) in [6.07, 6.45) is 25.2. The van der Waals surface area contributed by atoms with E-state index in [1.165, 1.54) is 11.1 Å². The number of carbonyl (C=O) groups excluding carboxylic acids is 7. The molecule has 2 aliphatic heterocycles. The Balaban J connectivity index is 0.000000162. The number of nitrogens with zero attached hydrogens (tertiary/aromatic N) is 2. The Morgan fingerprint density at radius 3 is 1.26 bits per heavy atom. The van der Waals surface area contributed by atoms with Crippen molar-refractivity contribution in [3.8, 4) is 0 Å². The molecule has 4 amide bonds. The van der Waals surface area contributed by atoms with Gasteiger partial charge in [0.15, 0.2) is 11.5 Å². The number of aliphatic carboxylic acids is 1. The van der Waals surface area contributed by atoms with Crippen molar-refractivity contribution >= 4 is 47.1 Å². The number of carbonyl (C=O) groups is 8. The van der Waals surface area contributed by atoms with Crippen LogP contribution in [0.1, 0.15) is 199 Å². The second-order valence-corrected chi connectivity index (χ2v) is 29.1. The zero-order chi connectivity index (χ0) is 59.4. The quantitative estimate of drug-likeness (QED) is 0.152. The average molecular weight is 1110 g/mol. The van der Waals surface area contributed by atoms with Crippen molar-refractivity contribution in [2.75, 3.05) is 0 Å². The Morgan fingerprint density at radius 1 is 0.506 bits per heavy atom. The van der Waals surface area contributed by atoms with E-state index in [9.17, 15) is 53.7 Å². The highest BCUT2D eigenvalue weighted by Gasteiger charge is 2.69. The monoisotopic (exact) mass is 1110 g/mol. The standard InChI is InChI=1S/C33H41NO6.C29H38O4.C4H5NO3/c1-19-20-7-8-23-31(4,21(20)17-22(35)27(19)38)14-16-33(6)24-18-30(3,12-11-29(24,2)13-15-32(23,33)5)28(39)40-34-25(36)9-10-26(34)37;1-17-18-7-8-21-27(4,19(18)15-20(30)23(17)31)12-14-29(6)22-16-26(3,24(32)33)10-9-25(22,2)11-13-28(21,29)5;6-3-1-2-4(7)5(3)8/h7-8,17,24,38H,9-16,18H2,1-6H3;7-8,15,22,31H,9-14,16H2,1-6H3,(H,32,33);8H,1-2H2/t24-,29-,30-,31+,32-,33+;22-,25-,26-,27+,28-,29+;/m11./s1. The third-order valence-corrected chi connectivity index (χ3v) is 25.0. The second-order valence-electron chi connectivity index (χ2n) is 29.1. The van der Waals surface area contributed by atoms with Gasteiger partial charge in [0.2, 0.25) is 11.6 Å². The second kappa shape index (κ2) is 18.8. The van der Waals surface area contributed by atoms with Crippen LogP contribution in [0.5, 0.6) is 0 Å². The van der Waals surface area contributed by atoms with Gasteiger partial charge in [-0.15, -0.1) is 5.06 Å². The molecule has 12 atom stereocenters. The molecule has 4 N–H and O–H groups in total. The number of allylic oxidation sites excluding steroid dienone is 14. The van der Waals surface area contributed by atoms with Crippen molar-refractivity contribution in [3.63, 3.8) is 0 Å². The minimum absolute atomic E-state index is 0.0000746. The van der Waals surface area contributed by atoms with Gasteiger partial charge in [0.05, 0.1) is 10.8 Å². The summed E-state index contributed by atoms with van der Waals surface area (Å²) in [5.74, 6) is -3.37. The molecule has 436 valence electrons. The minimum atomic E-state index is -0.791. The van der Waals surface area contributed by atoms with Crippen molar-refractivity contribution < 1.29 is 63.7 Å². The molecule has 2 saturated heterocycles. The van der Waals surface area contributed by atoms with Crippen LogP contribution in [0, 0.1) is 66.0 Å². The van der Waals surface area contributed by atoms with Gasteiger partial charge in [-0.05, 0) is 196 Å². The van der Waals surface area contributed by atoms with Gasteiger partial charge in [-0.1, -0.05) is 90.8 Å². The van der Waals surface area contributed by atoms with Gasteiger partial charge >= 0.3 is 11.9 Å². The summed E-state index contributed by atoms with van der Waals surface area (Å²) >= 11 is 0. The van der Waals surface area contributed by atoms with Crippen LogP contribution in [-0.4, -0.2) is 77.8 Å². The number of hydrogen-bond donors (Lipinski definition) is 4. The molecule has 10 aliphatic carbocycles. The molecule has 0 spiro atoms. The van der Waals surface area contributed by atoms with Crippen LogP contribution in [0.4, 0.5) is 0 Å². The van der Waals surface area contributed by atoms with Gasteiger partial charge in [0.1, 0.15) is 0 Å². The van der Waals surface area contributed by atoms with E-state index in [0.29, 0.717) is 35.0 Å². The zero-order valence-corrected chi connectivity index (χ0v) is 49.7. The lowest BCUT2D eigenvalue weighted by molar-refractivity contribution is -0.214. The molecule has 6 saturated carbocycles. The molecule has 81 heavy (non-hydrogen) atoms. The number of amides is 4. The number of imide groups is 2. The SMILES string of the molecule is CC1=C(O)C(=O)C=C2C1=CC=C1[C@@]2(C)CC[C@@]2(C)[C@@H]3C[C@](C)(C(=O)O)CC[C@]3(C)CC[C@]12C.CC1=C(O)C(=O)C=C2C1=CC=C1[C@@]2(C)CC[C@@]2(C)[C@@H]3C[C@](C)(C(=O)ON4C(=O)CCC4=O)CC[C@]3(C)CC[C@]12C.O=C1CCC(=O)N1O. The Labute approximate surface area is 476 Å². The van der Waals surface area contributed by atoms with E-state index in [1.807, 2.05) is 27.7 Å². The van der Waals surface area contributed by atoms with Crippen molar-refractivity contribution in [1.82, 2.24) is 10.1 Å². The number of aliphatic hydroxyl groups is 2. The summed E-state index contributed by atoms with van der Waals surface area (Å²) in [5, 5.41) is 39.9. The first kappa shape index (κ1) is 58.2.